The van der Waals surface area contributed by atoms with Gasteiger partial charge in [0.05, 0.1) is 21.1 Å². The largest absolute Gasteiger partial charge is 0.503 e. The van der Waals surface area contributed by atoms with Crippen molar-refractivity contribution in [3.05, 3.63) is 92.4 Å². The number of phenolic OH excluding ortho intramolecular Hbond substituents is 2. The molecule has 0 aliphatic heterocycles. The second-order valence-corrected chi connectivity index (χ2v) is 7.59. The minimum Gasteiger partial charge on any atom is -0.503 e. The first-order valence-electron chi connectivity index (χ1n) is 8.31. The summed E-state index contributed by atoms with van der Waals surface area (Å²) in [7, 11) is 0. The summed E-state index contributed by atoms with van der Waals surface area (Å²) in [5, 5.41) is 23.6. The van der Waals surface area contributed by atoms with E-state index in [0.717, 1.165) is 11.1 Å². The van der Waals surface area contributed by atoms with Crippen molar-refractivity contribution in [1.82, 2.24) is 5.43 Å². The molecule has 7 heteroatoms. The van der Waals surface area contributed by atoms with Gasteiger partial charge in [-0.1, -0.05) is 60.7 Å². The van der Waals surface area contributed by atoms with E-state index in [1.807, 2.05) is 60.7 Å². The van der Waals surface area contributed by atoms with Crippen LogP contribution in [0.15, 0.2) is 80.8 Å². The zero-order valence-corrected chi connectivity index (χ0v) is 17.7. The van der Waals surface area contributed by atoms with Crippen LogP contribution in [0.25, 0.3) is 0 Å². The molecular weight excluding hydrogens is 488 g/mol. The molecule has 5 nitrogen and oxygen atoms in total. The molecule has 3 rings (SSSR count). The molecule has 0 bridgehead atoms. The number of hydrazone groups is 1. The number of nitrogens with one attached hydrogen (secondary N) is 1. The first-order chi connectivity index (χ1) is 13.5. The van der Waals surface area contributed by atoms with Crippen LogP contribution < -0.4 is 5.43 Å². The number of benzene rings is 3. The number of hydrogen-bond donors (Lipinski definition) is 3. The number of hydrogen-bond acceptors (Lipinski definition) is 4. The fourth-order valence-electron chi connectivity index (χ4n) is 2.73. The Balaban J connectivity index is 1.85. The van der Waals surface area contributed by atoms with Gasteiger partial charge in [-0.3, -0.25) is 4.79 Å². The molecule has 0 spiro atoms. The number of halogens is 2. The molecule has 0 fully saturated rings. The van der Waals surface area contributed by atoms with Gasteiger partial charge in [-0.15, -0.1) is 0 Å². The fraction of sp³-hybridized carbons (Fsp3) is 0.0476. The van der Waals surface area contributed by atoms with Crippen molar-refractivity contribution in [2.45, 2.75) is 5.92 Å². The fourth-order valence-corrected chi connectivity index (χ4v) is 3.57. The molecule has 0 saturated heterocycles. The maximum absolute atomic E-state index is 12.9. The van der Waals surface area contributed by atoms with Gasteiger partial charge in [-0.05, 0) is 49.1 Å². The molecule has 0 unspecified atom stereocenters. The van der Waals surface area contributed by atoms with E-state index < -0.39 is 5.92 Å². The Morgan fingerprint density at radius 1 is 0.929 bits per heavy atom. The number of phenols is 2. The van der Waals surface area contributed by atoms with Crippen LogP contribution >= 0.6 is 31.9 Å². The zero-order valence-electron chi connectivity index (χ0n) is 14.5. The molecule has 0 heterocycles. The van der Waals surface area contributed by atoms with Gasteiger partial charge in [0.2, 0.25) is 0 Å². The molecule has 0 saturated carbocycles. The average molecular weight is 504 g/mol. The molecule has 142 valence electrons. The van der Waals surface area contributed by atoms with Crippen LogP contribution in [0.3, 0.4) is 0 Å². The SMILES string of the molecule is O=C(N/N=C/c1cc(Br)c(O)c(O)c1Br)C(c1ccccc1)c1ccccc1. The van der Waals surface area contributed by atoms with E-state index in [9.17, 15) is 15.0 Å². The van der Waals surface area contributed by atoms with Gasteiger partial charge in [-0.2, -0.15) is 5.10 Å². The number of carbonyl (C=O) groups is 1. The van der Waals surface area contributed by atoms with Crippen molar-refractivity contribution in [3.8, 4) is 11.5 Å². The van der Waals surface area contributed by atoms with Crippen molar-refractivity contribution in [2.75, 3.05) is 0 Å². The smallest absolute Gasteiger partial charge is 0.252 e. The number of aromatic hydroxyl groups is 2. The van der Waals surface area contributed by atoms with Gasteiger partial charge in [0.25, 0.3) is 5.91 Å². The third kappa shape index (κ3) is 4.43. The summed E-state index contributed by atoms with van der Waals surface area (Å²) >= 11 is 6.36. The highest BCUT2D eigenvalue weighted by molar-refractivity contribution is 9.11. The summed E-state index contributed by atoms with van der Waals surface area (Å²) < 4.78 is 0.585. The molecule has 3 aromatic rings. The van der Waals surface area contributed by atoms with E-state index in [1.165, 1.54) is 6.21 Å². The number of nitrogens with zero attached hydrogens (tertiary/aromatic N) is 1. The van der Waals surface area contributed by atoms with Crippen molar-refractivity contribution in [1.29, 1.82) is 0 Å². The Morgan fingerprint density at radius 3 is 2.00 bits per heavy atom. The summed E-state index contributed by atoms with van der Waals surface area (Å²) in [5.74, 6) is -1.38. The second kappa shape index (κ2) is 9.03. The summed E-state index contributed by atoms with van der Waals surface area (Å²) in [5.41, 5.74) is 4.75. The first kappa shape index (κ1) is 20.1. The summed E-state index contributed by atoms with van der Waals surface area (Å²) in [4.78, 5) is 12.9. The number of rotatable bonds is 5. The summed E-state index contributed by atoms with van der Waals surface area (Å²) in [6.07, 6.45) is 1.39. The Hall–Kier alpha value is -2.64. The quantitative estimate of drug-likeness (QED) is 0.263. The molecule has 0 aliphatic rings. The first-order valence-corrected chi connectivity index (χ1v) is 9.90. The Morgan fingerprint density at radius 2 is 1.46 bits per heavy atom. The minimum atomic E-state index is -0.511. The van der Waals surface area contributed by atoms with Gasteiger partial charge in [0.1, 0.15) is 0 Å². The van der Waals surface area contributed by atoms with Crippen LogP contribution in [0.1, 0.15) is 22.6 Å². The second-order valence-electron chi connectivity index (χ2n) is 5.95. The topological polar surface area (TPSA) is 81.9 Å². The van der Waals surface area contributed by atoms with Gasteiger partial charge in [0, 0.05) is 5.56 Å². The molecule has 0 atom stereocenters. The van der Waals surface area contributed by atoms with Crippen LogP contribution in [-0.2, 0) is 4.79 Å². The highest BCUT2D eigenvalue weighted by Gasteiger charge is 2.22. The normalized spacial score (nSPS) is 11.1. The summed E-state index contributed by atoms with van der Waals surface area (Å²) in [6.45, 7) is 0. The monoisotopic (exact) mass is 502 g/mol. The molecule has 1 amide bonds. The van der Waals surface area contributed by atoms with Gasteiger partial charge in [-0.25, -0.2) is 5.43 Å². The van der Waals surface area contributed by atoms with Crippen molar-refractivity contribution in [3.63, 3.8) is 0 Å². The van der Waals surface area contributed by atoms with Gasteiger partial charge >= 0.3 is 0 Å². The van der Waals surface area contributed by atoms with E-state index in [2.05, 4.69) is 42.4 Å². The number of carbonyl (C=O) groups excluding carboxylic acids is 1. The Kier molecular flexibility index (Phi) is 6.49. The predicted molar refractivity (Wildman–Crippen MR) is 116 cm³/mol. The lowest BCUT2D eigenvalue weighted by Gasteiger charge is -2.16. The third-order valence-electron chi connectivity index (χ3n) is 4.10. The van der Waals surface area contributed by atoms with Crippen molar-refractivity contribution >= 4 is 44.0 Å². The predicted octanol–water partition coefficient (Wildman–Crippen LogP) is 4.91. The Labute approximate surface area is 179 Å². The van der Waals surface area contributed by atoms with E-state index in [4.69, 9.17) is 0 Å². The minimum absolute atomic E-state index is 0.272. The van der Waals surface area contributed by atoms with Gasteiger partial charge < -0.3 is 10.2 Å². The van der Waals surface area contributed by atoms with E-state index in [-0.39, 0.29) is 21.9 Å². The van der Waals surface area contributed by atoms with Crippen molar-refractivity contribution in [2.24, 2.45) is 5.10 Å². The zero-order chi connectivity index (χ0) is 20.1. The maximum Gasteiger partial charge on any atom is 0.252 e. The lowest BCUT2D eigenvalue weighted by Crippen LogP contribution is -2.26. The lowest BCUT2D eigenvalue weighted by molar-refractivity contribution is -0.121. The highest BCUT2D eigenvalue weighted by atomic mass is 79.9. The van der Waals surface area contributed by atoms with Crippen LogP contribution in [0.2, 0.25) is 0 Å². The van der Waals surface area contributed by atoms with Crippen LogP contribution in [0.5, 0.6) is 11.5 Å². The van der Waals surface area contributed by atoms with Crippen LogP contribution in [0, 0.1) is 0 Å². The van der Waals surface area contributed by atoms with Crippen LogP contribution in [-0.4, -0.2) is 22.3 Å². The molecular formula is C21H16Br2N2O3. The lowest BCUT2D eigenvalue weighted by atomic mass is 9.91. The van der Waals surface area contributed by atoms with E-state index in [0.29, 0.717) is 10.0 Å². The molecule has 28 heavy (non-hydrogen) atoms. The summed E-state index contributed by atoms with van der Waals surface area (Å²) in [6, 6.07) is 20.5. The standard InChI is InChI=1S/C21H16Br2N2O3/c22-16-11-15(18(23)20(27)19(16)26)12-24-25-21(28)17(13-7-3-1-4-8-13)14-9-5-2-6-10-14/h1-12,17,26-27H,(H,25,28)/b24-12+. The van der Waals surface area contributed by atoms with E-state index in [1.54, 1.807) is 6.07 Å². The third-order valence-corrected chi connectivity index (χ3v) is 5.54. The van der Waals surface area contributed by atoms with E-state index >= 15 is 0 Å². The Bertz CT molecular complexity index is 970. The van der Waals surface area contributed by atoms with Crippen molar-refractivity contribution < 1.29 is 15.0 Å². The molecule has 0 aromatic heterocycles. The van der Waals surface area contributed by atoms with Crippen LogP contribution in [0.4, 0.5) is 0 Å². The molecule has 3 N–H and O–H groups in total. The average Bonchev–Trinajstić information content (AvgIpc) is 2.72. The maximum atomic E-state index is 12.9. The molecule has 3 aromatic carbocycles. The van der Waals surface area contributed by atoms with Gasteiger partial charge in [0.15, 0.2) is 11.5 Å². The highest BCUT2D eigenvalue weighted by Crippen LogP contribution is 2.40. The molecule has 0 radical (unpaired) electrons. The number of amides is 1. The molecule has 0 aliphatic carbocycles.